The number of carbonyl (C=O) groups excluding carboxylic acids is 1. The maximum atomic E-state index is 12.3. The van der Waals surface area contributed by atoms with Gasteiger partial charge in [0, 0.05) is 39.3 Å². The van der Waals surface area contributed by atoms with Gasteiger partial charge in [-0.2, -0.15) is 0 Å². The molecule has 0 radical (unpaired) electrons. The Labute approximate surface area is 150 Å². The molecule has 0 unspecified atom stereocenters. The summed E-state index contributed by atoms with van der Waals surface area (Å²) in [6.45, 7) is 5.67. The average Bonchev–Trinajstić information content (AvgIpc) is 2.62. The zero-order chi connectivity index (χ0) is 18.3. The second-order valence-electron chi connectivity index (χ2n) is 6.09. The maximum absolute atomic E-state index is 12.3. The molecule has 1 aromatic rings. The van der Waals surface area contributed by atoms with Crippen molar-refractivity contribution >= 4 is 16.1 Å². The van der Waals surface area contributed by atoms with E-state index in [0.717, 1.165) is 18.4 Å². The van der Waals surface area contributed by atoms with Crippen molar-refractivity contribution < 1.29 is 17.9 Å². The number of aryl methyl sites for hydroxylation is 1. The summed E-state index contributed by atoms with van der Waals surface area (Å²) >= 11 is 0. The summed E-state index contributed by atoms with van der Waals surface area (Å²) in [6.07, 6.45) is 1.67. The van der Waals surface area contributed by atoms with E-state index in [1.807, 2.05) is 12.1 Å². The Bertz CT molecular complexity index is 653. The first-order valence-corrected chi connectivity index (χ1v) is 10.1. The van der Waals surface area contributed by atoms with E-state index < -0.39 is 10.0 Å². The predicted octanol–water partition coefficient (Wildman–Crippen LogP) is 1.30. The molecule has 2 rings (SSSR count). The number of nitrogens with zero attached hydrogens (tertiary/aromatic N) is 2. The van der Waals surface area contributed by atoms with E-state index in [4.69, 9.17) is 4.74 Å². The van der Waals surface area contributed by atoms with E-state index in [2.05, 4.69) is 16.5 Å². The van der Waals surface area contributed by atoms with E-state index in [0.29, 0.717) is 44.2 Å². The second kappa shape index (κ2) is 9.17. The number of ether oxygens (including phenoxy) is 1. The van der Waals surface area contributed by atoms with Crippen molar-refractivity contribution in [1.29, 1.82) is 0 Å². The molecule has 0 bridgehead atoms. The van der Waals surface area contributed by atoms with E-state index in [1.54, 1.807) is 17.0 Å². The molecular weight excluding hydrogens is 342 g/mol. The van der Waals surface area contributed by atoms with Gasteiger partial charge in [0.15, 0.2) is 0 Å². The zero-order valence-electron chi connectivity index (χ0n) is 14.9. The smallest absolute Gasteiger partial charge is 0.409 e. The minimum atomic E-state index is -3.48. The Morgan fingerprint density at radius 3 is 2.36 bits per heavy atom. The number of amides is 1. The van der Waals surface area contributed by atoms with Gasteiger partial charge < -0.3 is 9.64 Å². The highest BCUT2D eigenvalue weighted by Gasteiger charge is 2.21. The Hall–Kier alpha value is -1.64. The van der Waals surface area contributed by atoms with Crippen molar-refractivity contribution in [2.24, 2.45) is 0 Å². The third-order valence-corrected chi connectivity index (χ3v) is 5.77. The second-order valence-corrected chi connectivity index (χ2v) is 7.86. The summed E-state index contributed by atoms with van der Waals surface area (Å²) < 4.78 is 32.0. The highest BCUT2D eigenvalue weighted by molar-refractivity contribution is 7.89. The molecule has 140 valence electrons. The summed E-state index contributed by atoms with van der Waals surface area (Å²) in [4.78, 5) is 15.5. The van der Waals surface area contributed by atoms with Crippen molar-refractivity contribution in [1.82, 2.24) is 14.5 Å². The molecule has 1 aromatic carbocycles. The SMILES string of the molecule is CCCc1ccc(S(=O)(=O)NCCN2CCN(C(=O)OC)CC2)cc1. The Kier molecular flexibility index (Phi) is 7.22. The summed E-state index contributed by atoms with van der Waals surface area (Å²) in [6, 6.07) is 7.04. The first-order valence-electron chi connectivity index (χ1n) is 8.60. The summed E-state index contributed by atoms with van der Waals surface area (Å²) in [5, 5.41) is 0. The van der Waals surface area contributed by atoms with Crippen LogP contribution in [0.25, 0.3) is 0 Å². The molecule has 8 heteroatoms. The number of methoxy groups -OCH3 is 1. The number of piperazine rings is 1. The van der Waals surface area contributed by atoms with Crippen LogP contribution in [0, 0.1) is 0 Å². The number of carbonyl (C=O) groups is 1. The van der Waals surface area contributed by atoms with Crippen LogP contribution in [-0.2, 0) is 21.2 Å². The Balaban J connectivity index is 1.78. The van der Waals surface area contributed by atoms with Crippen LogP contribution >= 0.6 is 0 Å². The predicted molar refractivity (Wildman–Crippen MR) is 96.0 cm³/mol. The number of rotatable bonds is 7. The third kappa shape index (κ3) is 5.69. The van der Waals surface area contributed by atoms with E-state index in [-0.39, 0.29) is 6.09 Å². The number of hydrogen-bond donors (Lipinski definition) is 1. The number of hydrogen-bond acceptors (Lipinski definition) is 5. The minimum Gasteiger partial charge on any atom is -0.453 e. The van der Waals surface area contributed by atoms with Crippen LogP contribution in [0.4, 0.5) is 4.79 Å². The van der Waals surface area contributed by atoms with Crippen molar-refractivity contribution in [2.45, 2.75) is 24.7 Å². The number of benzene rings is 1. The van der Waals surface area contributed by atoms with E-state index in [1.165, 1.54) is 7.11 Å². The van der Waals surface area contributed by atoms with E-state index >= 15 is 0 Å². The number of sulfonamides is 1. The molecule has 1 aliphatic rings. The van der Waals surface area contributed by atoms with Gasteiger partial charge >= 0.3 is 6.09 Å². The van der Waals surface area contributed by atoms with Crippen LogP contribution in [0.2, 0.25) is 0 Å². The molecule has 1 amide bonds. The Morgan fingerprint density at radius 1 is 1.16 bits per heavy atom. The molecule has 0 aromatic heterocycles. The van der Waals surface area contributed by atoms with Crippen LogP contribution in [0.15, 0.2) is 29.2 Å². The zero-order valence-corrected chi connectivity index (χ0v) is 15.7. The quantitative estimate of drug-likeness (QED) is 0.784. The minimum absolute atomic E-state index is 0.294. The topological polar surface area (TPSA) is 79.0 Å². The summed E-state index contributed by atoms with van der Waals surface area (Å²) in [5.41, 5.74) is 1.14. The van der Waals surface area contributed by atoms with Crippen LogP contribution < -0.4 is 4.72 Å². The highest BCUT2D eigenvalue weighted by Crippen LogP contribution is 2.12. The van der Waals surface area contributed by atoms with E-state index in [9.17, 15) is 13.2 Å². The fraction of sp³-hybridized carbons (Fsp3) is 0.588. The molecule has 0 saturated carbocycles. The fourth-order valence-corrected chi connectivity index (χ4v) is 3.85. The molecular formula is C17H27N3O4S. The monoisotopic (exact) mass is 369 g/mol. The fourth-order valence-electron chi connectivity index (χ4n) is 2.83. The molecule has 0 atom stereocenters. The molecule has 7 nitrogen and oxygen atoms in total. The molecule has 1 fully saturated rings. The Morgan fingerprint density at radius 2 is 1.80 bits per heavy atom. The molecule has 0 aliphatic carbocycles. The molecule has 1 aliphatic heterocycles. The van der Waals surface area contributed by atoms with Gasteiger partial charge in [0.25, 0.3) is 0 Å². The summed E-state index contributed by atoms with van der Waals surface area (Å²) in [5.74, 6) is 0. The summed E-state index contributed by atoms with van der Waals surface area (Å²) in [7, 11) is -2.11. The van der Waals surface area contributed by atoms with Crippen molar-refractivity contribution in [3.05, 3.63) is 29.8 Å². The van der Waals surface area contributed by atoms with Crippen LogP contribution in [-0.4, -0.2) is 70.7 Å². The van der Waals surface area contributed by atoms with Gasteiger partial charge in [-0.05, 0) is 24.1 Å². The highest BCUT2D eigenvalue weighted by atomic mass is 32.2. The average molecular weight is 369 g/mol. The lowest BCUT2D eigenvalue weighted by molar-refractivity contribution is 0.0918. The van der Waals surface area contributed by atoms with Gasteiger partial charge in [0.1, 0.15) is 0 Å². The van der Waals surface area contributed by atoms with Gasteiger partial charge in [-0.25, -0.2) is 17.9 Å². The third-order valence-electron chi connectivity index (χ3n) is 4.30. The lowest BCUT2D eigenvalue weighted by atomic mass is 10.1. The normalized spacial score (nSPS) is 16.0. The molecule has 0 spiro atoms. The van der Waals surface area contributed by atoms with Gasteiger partial charge in [0.05, 0.1) is 12.0 Å². The maximum Gasteiger partial charge on any atom is 0.409 e. The van der Waals surface area contributed by atoms with Crippen molar-refractivity contribution in [3.63, 3.8) is 0 Å². The van der Waals surface area contributed by atoms with Crippen molar-refractivity contribution in [2.75, 3.05) is 46.4 Å². The largest absolute Gasteiger partial charge is 0.453 e. The lowest BCUT2D eigenvalue weighted by Crippen LogP contribution is -2.50. The van der Waals surface area contributed by atoms with Crippen LogP contribution in [0.1, 0.15) is 18.9 Å². The molecule has 1 heterocycles. The van der Waals surface area contributed by atoms with Crippen LogP contribution in [0.5, 0.6) is 0 Å². The first kappa shape index (κ1) is 19.7. The van der Waals surface area contributed by atoms with Gasteiger partial charge in [-0.15, -0.1) is 0 Å². The van der Waals surface area contributed by atoms with Gasteiger partial charge in [0.2, 0.25) is 10.0 Å². The van der Waals surface area contributed by atoms with Gasteiger partial charge in [-0.3, -0.25) is 4.90 Å². The van der Waals surface area contributed by atoms with Crippen molar-refractivity contribution in [3.8, 4) is 0 Å². The van der Waals surface area contributed by atoms with Gasteiger partial charge in [-0.1, -0.05) is 25.5 Å². The standard InChI is InChI=1S/C17H27N3O4S/c1-3-4-15-5-7-16(8-6-15)25(22,23)18-9-10-19-11-13-20(14-12-19)17(21)24-2/h5-8,18H,3-4,9-14H2,1-2H3. The molecule has 25 heavy (non-hydrogen) atoms. The van der Waals surface area contributed by atoms with Crippen LogP contribution in [0.3, 0.4) is 0 Å². The first-order chi connectivity index (χ1) is 12.0. The molecule has 1 N–H and O–H groups in total. The lowest BCUT2D eigenvalue weighted by Gasteiger charge is -2.33. The molecule has 1 saturated heterocycles. The number of nitrogens with one attached hydrogen (secondary N) is 1.